The van der Waals surface area contributed by atoms with Crippen LogP contribution in [0.4, 0.5) is 0 Å². The van der Waals surface area contributed by atoms with Crippen LogP contribution in [0.1, 0.15) is 188 Å². The highest BCUT2D eigenvalue weighted by atomic mass is 16.5. The van der Waals surface area contributed by atoms with Crippen LogP contribution in [0.15, 0.2) is 24.3 Å². The van der Waals surface area contributed by atoms with Crippen LogP contribution >= 0.6 is 0 Å². The van der Waals surface area contributed by atoms with Crippen LogP contribution in [0, 0.1) is 17.8 Å². The molecule has 7 heteroatoms. The van der Waals surface area contributed by atoms with Gasteiger partial charge in [0.05, 0.1) is 6.61 Å². The Kier molecular flexibility index (Phi) is 35.6. The number of carbonyl (C=O) groups is 3. The minimum absolute atomic E-state index is 0.0661. The summed E-state index contributed by atoms with van der Waals surface area (Å²) in [6, 6.07) is 0. The summed E-state index contributed by atoms with van der Waals surface area (Å²) >= 11 is 0. The predicted octanol–water partition coefficient (Wildman–Crippen LogP) is 12.0. The number of hydrogen-bond acceptors (Lipinski definition) is 7. The molecule has 0 N–H and O–H groups in total. The minimum Gasteiger partial charge on any atom is -0.465 e. The van der Waals surface area contributed by atoms with Crippen LogP contribution in [-0.2, 0) is 28.6 Å². The van der Waals surface area contributed by atoms with Gasteiger partial charge < -0.3 is 19.1 Å². The first kappa shape index (κ1) is 49.9. The third-order valence-corrected chi connectivity index (χ3v) is 10.0. The lowest BCUT2D eigenvalue weighted by Gasteiger charge is -2.23. The molecule has 0 saturated carbocycles. The van der Waals surface area contributed by atoms with E-state index in [4.69, 9.17) is 14.2 Å². The lowest BCUT2D eigenvalue weighted by atomic mass is 9.91. The van der Waals surface area contributed by atoms with Gasteiger partial charge >= 0.3 is 17.9 Å². The molecule has 0 radical (unpaired) electrons. The van der Waals surface area contributed by atoms with Crippen molar-refractivity contribution in [3.05, 3.63) is 24.3 Å². The molecule has 2 atom stereocenters. The Labute approximate surface area is 321 Å². The van der Waals surface area contributed by atoms with Crippen LogP contribution in [-0.4, -0.2) is 63.3 Å². The maximum atomic E-state index is 12.9. The van der Waals surface area contributed by atoms with Crippen LogP contribution < -0.4 is 0 Å². The predicted molar refractivity (Wildman–Crippen MR) is 218 cm³/mol. The molecule has 0 bridgehead atoms. The first-order chi connectivity index (χ1) is 25.2. The molecule has 304 valence electrons. The fourth-order valence-corrected chi connectivity index (χ4v) is 6.43. The van der Waals surface area contributed by atoms with Crippen LogP contribution in [0.3, 0.4) is 0 Å². The average Bonchev–Trinajstić information content (AvgIpc) is 3.11. The van der Waals surface area contributed by atoms with E-state index in [1.165, 1.54) is 51.4 Å². The Morgan fingerprint density at radius 1 is 0.519 bits per heavy atom. The lowest BCUT2D eigenvalue weighted by molar-refractivity contribution is -0.147. The lowest BCUT2D eigenvalue weighted by Crippen LogP contribution is -2.27. The second-order valence-electron chi connectivity index (χ2n) is 15.6. The van der Waals surface area contributed by atoms with Gasteiger partial charge in [-0.1, -0.05) is 142 Å². The number of unbranched alkanes of at least 4 members (excludes halogenated alkanes) is 16. The van der Waals surface area contributed by atoms with Crippen LogP contribution in [0.5, 0.6) is 0 Å². The van der Waals surface area contributed by atoms with Crippen molar-refractivity contribution in [1.29, 1.82) is 0 Å². The summed E-state index contributed by atoms with van der Waals surface area (Å²) in [5.41, 5.74) is 0. The number of ether oxygens (including phenoxy) is 3. The fourth-order valence-electron chi connectivity index (χ4n) is 6.43. The molecular weight excluding hydrogens is 650 g/mol. The quantitative estimate of drug-likeness (QED) is 0.0272. The summed E-state index contributed by atoms with van der Waals surface area (Å²) in [6.07, 6.45) is 34.3. The van der Waals surface area contributed by atoms with Crippen molar-refractivity contribution in [1.82, 2.24) is 4.90 Å². The Bertz CT molecular complexity index is 848. The molecule has 52 heavy (non-hydrogen) atoms. The minimum atomic E-state index is -0.101. The first-order valence-electron chi connectivity index (χ1n) is 21.6. The van der Waals surface area contributed by atoms with Gasteiger partial charge in [-0.3, -0.25) is 14.4 Å². The van der Waals surface area contributed by atoms with Crippen molar-refractivity contribution in [3.63, 3.8) is 0 Å². The zero-order valence-corrected chi connectivity index (χ0v) is 34.9. The smallest absolute Gasteiger partial charge is 0.306 e. The van der Waals surface area contributed by atoms with E-state index in [1.54, 1.807) is 0 Å². The van der Waals surface area contributed by atoms with Gasteiger partial charge in [0.1, 0.15) is 13.2 Å². The van der Waals surface area contributed by atoms with Gasteiger partial charge in [-0.25, -0.2) is 0 Å². The zero-order valence-electron chi connectivity index (χ0n) is 34.9. The van der Waals surface area contributed by atoms with Gasteiger partial charge in [0.2, 0.25) is 0 Å². The van der Waals surface area contributed by atoms with Crippen molar-refractivity contribution in [2.75, 3.05) is 40.5 Å². The van der Waals surface area contributed by atoms with Gasteiger partial charge in [-0.15, -0.1) is 0 Å². The Morgan fingerprint density at radius 3 is 1.42 bits per heavy atom. The van der Waals surface area contributed by atoms with E-state index in [1.807, 2.05) is 12.2 Å². The molecule has 0 aromatic carbocycles. The number of rotatable bonds is 37. The van der Waals surface area contributed by atoms with E-state index < -0.39 is 0 Å². The largest absolute Gasteiger partial charge is 0.465 e. The molecule has 7 nitrogen and oxygen atoms in total. The molecule has 0 amide bonds. The molecular formula is C45H83NO6. The highest BCUT2D eigenvalue weighted by molar-refractivity contribution is 5.70. The number of carbonyl (C=O) groups excluding carboxylic acids is 3. The molecule has 0 fully saturated rings. The van der Waals surface area contributed by atoms with Gasteiger partial charge in [-0.05, 0) is 83.2 Å². The fraction of sp³-hybridized carbons (Fsp3) is 0.844. The van der Waals surface area contributed by atoms with E-state index in [0.717, 1.165) is 96.4 Å². The van der Waals surface area contributed by atoms with Crippen molar-refractivity contribution < 1.29 is 28.6 Å². The number of allylic oxidation sites excluding steroid dienone is 2. The highest BCUT2D eigenvalue weighted by Crippen LogP contribution is 2.23. The Hall–Kier alpha value is -2.15. The molecule has 0 saturated heterocycles. The monoisotopic (exact) mass is 734 g/mol. The summed E-state index contributed by atoms with van der Waals surface area (Å²) in [7, 11) is 4.16. The van der Waals surface area contributed by atoms with Crippen molar-refractivity contribution in [3.8, 4) is 0 Å². The zero-order chi connectivity index (χ0) is 38.5. The number of hydrogen-bond donors (Lipinski definition) is 0. The molecule has 0 rings (SSSR count). The van der Waals surface area contributed by atoms with Gasteiger partial charge in [0.15, 0.2) is 0 Å². The van der Waals surface area contributed by atoms with Crippen molar-refractivity contribution in [2.45, 2.75) is 188 Å². The SMILES string of the molecule is CCCCCC/C=C\COC(=O)CCCCCCCC(CCCCCCCC(=O)OC/C=C\CCCCCC)CC(=O)OCC(C)C(C)CN(C)C. The number of esters is 3. The maximum Gasteiger partial charge on any atom is 0.306 e. The van der Waals surface area contributed by atoms with Crippen molar-refractivity contribution >= 4 is 17.9 Å². The summed E-state index contributed by atoms with van der Waals surface area (Å²) in [5, 5.41) is 0. The third-order valence-electron chi connectivity index (χ3n) is 10.0. The van der Waals surface area contributed by atoms with E-state index >= 15 is 0 Å². The topological polar surface area (TPSA) is 82.1 Å². The Balaban J connectivity index is 4.36. The van der Waals surface area contributed by atoms with Gasteiger partial charge in [0, 0.05) is 25.8 Å². The summed E-state index contributed by atoms with van der Waals surface area (Å²) < 4.78 is 16.5. The second kappa shape index (κ2) is 37.2. The summed E-state index contributed by atoms with van der Waals surface area (Å²) in [4.78, 5) is 39.2. The normalized spacial score (nSPS) is 13.0. The Morgan fingerprint density at radius 2 is 0.962 bits per heavy atom. The van der Waals surface area contributed by atoms with Crippen LogP contribution in [0.25, 0.3) is 0 Å². The molecule has 0 aromatic rings. The van der Waals surface area contributed by atoms with E-state index in [0.29, 0.717) is 56.8 Å². The molecule has 0 aliphatic carbocycles. The molecule has 2 unspecified atom stereocenters. The second-order valence-corrected chi connectivity index (χ2v) is 15.6. The van der Waals surface area contributed by atoms with Crippen molar-refractivity contribution in [2.24, 2.45) is 17.8 Å². The van der Waals surface area contributed by atoms with E-state index in [2.05, 4.69) is 58.8 Å². The van der Waals surface area contributed by atoms with Gasteiger partial charge in [-0.2, -0.15) is 0 Å². The highest BCUT2D eigenvalue weighted by Gasteiger charge is 2.18. The molecule has 0 aliphatic heterocycles. The summed E-state index contributed by atoms with van der Waals surface area (Å²) in [5.74, 6) is 0.862. The van der Waals surface area contributed by atoms with E-state index in [-0.39, 0.29) is 17.9 Å². The van der Waals surface area contributed by atoms with E-state index in [9.17, 15) is 14.4 Å². The van der Waals surface area contributed by atoms with Crippen LogP contribution in [0.2, 0.25) is 0 Å². The molecule has 0 spiro atoms. The number of nitrogens with zero attached hydrogens (tertiary/aromatic N) is 1. The first-order valence-corrected chi connectivity index (χ1v) is 21.6. The summed E-state index contributed by atoms with van der Waals surface area (Å²) in [6.45, 7) is 11.1. The third kappa shape index (κ3) is 34.9. The van der Waals surface area contributed by atoms with Gasteiger partial charge in [0.25, 0.3) is 0 Å². The average molecular weight is 734 g/mol. The molecule has 0 heterocycles. The molecule has 0 aliphatic rings. The standard InChI is InChI=1S/C45H83NO6/c1-7-9-11-13-15-23-29-35-50-43(47)33-27-21-17-19-25-31-42(37-45(49)52-39-41(4)40(3)38-46(5)6)32-26-20-18-22-28-34-44(48)51-36-30-24-16-14-12-10-8-2/h23-24,29-30,40-42H,7-22,25-28,31-39H2,1-6H3/b29-23-,30-24-. The maximum absolute atomic E-state index is 12.9. The molecule has 0 aromatic heterocycles.